The first-order chi connectivity index (χ1) is 28.5. The Morgan fingerprint density at radius 2 is 1.40 bits per heavy atom. The zero-order valence-corrected chi connectivity index (χ0v) is 31.9. The van der Waals surface area contributed by atoms with Crippen molar-refractivity contribution in [3.63, 3.8) is 0 Å². The van der Waals surface area contributed by atoms with E-state index < -0.39 is 0 Å². The van der Waals surface area contributed by atoms with E-state index in [0.29, 0.717) is 68.4 Å². The highest BCUT2D eigenvalue weighted by molar-refractivity contribution is 5.93. The van der Waals surface area contributed by atoms with Crippen LogP contribution in [0.15, 0.2) is 96.3 Å². The Kier molecular flexibility index (Phi) is 9.75. The summed E-state index contributed by atoms with van der Waals surface area (Å²) in [4.78, 5) is 31.6. The van der Waals surface area contributed by atoms with Crippen LogP contribution in [0.1, 0.15) is 35.1 Å². The second kappa shape index (κ2) is 15.6. The van der Waals surface area contributed by atoms with Crippen LogP contribution in [-0.2, 0) is 19.4 Å². The van der Waals surface area contributed by atoms with Crippen molar-refractivity contribution in [2.75, 3.05) is 28.1 Å². The Morgan fingerprint density at radius 1 is 0.672 bits per heavy atom. The molecule has 15 nitrogen and oxygen atoms in total. The summed E-state index contributed by atoms with van der Waals surface area (Å²) < 4.78 is 35.5. The predicted octanol–water partition coefficient (Wildman–Crippen LogP) is 6.94. The molecule has 4 aromatic heterocycles. The topological polar surface area (TPSA) is 184 Å². The largest absolute Gasteiger partial charge is 0.497 e. The van der Waals surface area contributed by atoms with Crippen LogP contribution < -0.4 is 34.0 Å². The van der Waals surface area contributed by atoms with E-state index in [4.69, 9.17) is 43.4 Å². The summed E-state index contributed by atoms with van der Waals surface area (Å²) in [6.07, 6.45) is 9.32. The Morgan fingerprint density at radius 3 is 2.14 bits per heavy atom. The second-order valence-electron chi connectivity index (χ2n) is 13.8. The van der Waals surface area contributed by atoms with Gasteiger partial charge in [0.25, 0.3) is 5.56 Å². The number of H-pyrrole nitrogens is 3. The fraction of sp³-hybridized carbons (Fsp3) is 0.209. The normalized spacial score (nSPS) is 13.6. The molecule has 292 valence electrons. The molecule has 0 fully saturated rings. The molecule has 0 amide bonds. The van der Waals surface area contributed by atoms with Gasteiger partial charge in [-0.2, -0.15) is 15.2 Å². The SMILES string of the molecule is COc1cccc(OCc2nc(OCOc3cc(-c4cn[nH]c4)cc4c(=O)[nH]c(C5CCc6ccc(OC)cc6C5)nc34)c3cc(-c4cn[nH]c4)cc(OC)c3n2)c1. The number of nitrogens with zero attached hydrogens (tertiary/aromatic N) is 5. The summed E-state index contributed by atoms with van der Waals surface area (Å²) in [5, 5.41) is 14.9. The van der Waals surface area contributed by atoms with E-state index in [0.717, 1.165) is 35.3 Å². The van der Waals surface area contributed by atoms with Crippen LogP contribution in [0.25, 0.3) is 44.1 Å². The molecule has 8 aromatic rings. The lowest BCUT2D eigenvalue weighted by molar-refractivity contribution is 0.117. The van der Waals surface area contributed by atoms with Gasteiger partial charge in [0.05, 0.1) is 44.5 Å². The third kappa shape index (κ3) is 7.20. The predicted molar refractivity (Wildman–Crippen MR) is 215 cm³/mol. The van der Waals surface area contributed by atoms with Crippen molar-refractivity contribution in [1.29, 1.82) is 0 Å². The van der Waals surface area contributed by atoms with E-state index in [-0.39, 0.29) is 30.8 Å². The van der Waals surface area contributed by atoms with Crippen molar-refractivity contribution in [3.8, 4) is 56.9 Å². The number of nitrogens with one attached hydrogen (secondary N) is 3. The third-order valence-electron chi connectivity index (χ3n) is 10.3. The van der Waals surface area contributed by atoms with E-state index in [9.17, 15) is 4.79 Å². The van der Waals surface area contributed by atoms with Gasteiger partial charge >= 0.3 is 0 Å². The van der Waals surface area contributed by atoms with Gasteiger partial charge in [0.15, 0.2) is 11.6 Å². The molecule has 1 aliphatic rings. The number of hydrogen-bond donors (Lipinski definition) is 3. The molecule has 0 saturated carbocycles. The third-order valence-corrected chi connectivity index (χ3v) is 10.3. The molecule has 0 bridgehead atoms. The van der Waals surface area contributed by atoms with Gasteiger partial charge in [0.2, 0.25) is 12.7 Å². The molecule has 0 saturated heterocycles. The monoisotopic (exact) mass is 778 g/mol. The zero-order valence-electron chi connectivity index (χ0n) is 31.9. The first-order valence-electron chi connectivity index (χ1n) is 18.6. The number of hydrogen-bond acceptors (Lipinski definition) is 12. The van der Waals surface area contributed by atoms with Crippen molar-refractivity contribution >= 4 is 21.8 Å². The van der Waals surface area contributed by atoms with Gasteiger partial charge < -0.3 is 33.4 Å². The molecule has 0 radical (unpaired) electrons. The van der Waals surface area contributed by atoms with Gasteiger partial charge in [-0.05, 0) is 90.0 Å². The lowest BCUT2D eigenvalue weighted by Gasteiger charge is -2.24. The lowest BCUT2D eigenvalue weighted by atomic mass is 9.83. The Bertz CT molecular complexity index is 2810. The fourth-order valence-corrected chi connectivity index (χ4v) is 7.31. The zero-order chi connectivity index (χ0) is 39.6. The van der Waals surface area contributed by atoms with Gasteiger partial charge in [-0.15, -0.1) is 0 Å². The number of benzene rings is 4. The van der Waals surface area contributed by atoms with Crippen LogP contribution in [-0.4, -0.2) is 68.5 Å². The van der Waals surface area contributed by atoms with E-state index in [2.05, 4.69) is 37.5 Å². The maximum absolute atomic E-state index is 13.9. The van der Waals surface area contributed by atoms with Crippen LogP contribution in [0.3, 0.4) is 0 Å². The molecule has 3 N–H and O–H groups in total. The maximum Gasteiger partial charge on any atom is 0.258 e. The smallest absolute Gasteiger partial charge is 0.258 e. The minimum Gasteiger partial charge on any atom is -0.497 e. The quantitative estimate of drug-likeness (QED) is 0.103. The molecule has 4 heterocycles. The number of aryl methyl sites for hydroxylation is 1. The average molecular weight is 779 g/mol. The lowest BCUT2D eigenvalue weighted by Crippen LogP contribution is -2.20. The summed E-state index contributed by atoms with van der Waals surface area (Å²) in [6.45, 7) is -0.261. The van der Waals surface area contributed by atoms with Crippen LogP contribution in [0.4, 0.5) is 0 Å². The van der Waals surface area contributed by atoms with Gasteiger partial charge in [0.1, 0.15) is 46.5 Å². The first kappa shape index (κ1) is 36.2. The Hall–Kier alpha value is -7.42. The molecular weight excluding hydrogens is 741 g/mol. The molecule has 58 heavy (non-hydrogen) atoms. The van der Waals surface area contributed by atoms with Crippen LogP contribution in [0.5, 0.6) is 34.6 Å². The molecule has 0 aliphatic heterocycles. The fourth-order valence-electron chi connectivity index (χ4n) is 7.31. The van der Waals surface area contributed by atoms with E-state index >= 15 is 0 Å². The molecule has 1 atom stereocenters. The molecule has 1 aliphatic carbocycles. The van der Waals surface area contributed by atoms with Gasteiger partial charge in [-0.3, -0.25) is 15.0 Å². The van der Waals surface area contributed by atoms with Crippen molar-refractivity contribution < 1.29 is 28.4 Å². The molecule has 0 spiro atoms. The summed E-state index contributed by atoms with van der Waals surface area (Å²) in [6, 6.07) is 20.8. The van der Waals surface area contributed by atoms with Gasteiger partial charge in [-0.25, -0.2) is 9.97 Å². The minimum atomic E-state index is -0.287. The molecule has 9 rings (SSSR count). The highest BCUT2D eigenvalue weighted by Gasteiger charge is 2.25. The van der Waals surface area contributed by atoms with E-state index in [1.165, 1.54) is 11.1 Å². The summed E-state index contributed by atoms with van der Waals surface area (Å²) in [5.74, 6) is 4.05. The molecular formula is C43H38N8O7. The van der Waals surface area contributed by atoms with Crippen LogP contribution >= 0.6 is 0 Å². The van der Waals surface area contributed by atoms with Crippen LogP contribution in [0, 0.1) is 0 Å². The second-order valence-corrected chi connectivity index (χ2v) is 13.8. The van der Waals surface area contributed by atoms with E-state index in [1.807, 2.05) is 42.5 Å². The molecule has 15 heteroatoms. The van der Waals surface area contributed by atoms with Crippen LogP contribution in [0.2, 0.25) is 0 Å². The standard InChI is InChI=1S/C43H38N8O7/c1-53-31-5-4-6-33(17-31)56-22-38-48-40-35(14-28(15-36(40)55-3)30-20-46-47-21-30)43(49-38)58-23-57-37-16-27(29-18-44-45-19-29)13-34-39(37)50-41(51-42(34)52)25-8-7-24-9-10-32(54-2)12-26(24)11-25/h4-6,9-10,12-21,25H,7-8,11,22-23H2,1-3H3,(H,44,45)(H,46,47)(H,50,51,52). The number of methoxy groups -OCH3 is 3. The van der Waals surface area contributed by atoms with Crippen molar-refractivity contribution in [3.05, 3.63) is 125 Å². The number of rotatable bonds is 13. The number of ether oxygens (including phenoxy) is 6. The Labute approximate surface area is 331 Å². The Balaban J connectivity index is 1.07. The average Bonchev–Trinajstić information content (AvgIpc) is 4.01. The van der Waals surface area contributed by atoms with Gasteiger partial charge in [-0.1, -0.05) is 12.1 Å². The summed E-state index contributed by atoms with van der Waals surface area (Å²) >= 11 is 0. The van der Waals surface area contributed by atoms with Gasteiger partial charge in [0, 0.05) is 35.5 Å². The highest BCUT2D eigenvalue weighted by Crippen LogP contribution is 2.38. The number of fused-ring (bicyclic) bond motifs is 3. The summed E-state index contributed by atoms with van der Waals surface area (Å²) in [5.41, 5.74) is 6.24. The summed E-state index contributed by atoms with van der Waals surface area (Å²) in [7, 11) is 4.84. The number of aromatic nitrogens is 8. The maximum atomic E-state index is 13.9. The number of aromatic amines is 3. The molecule has 4 aromatic carbocycles. The highest BCUT2D eigenvalue weighted by atomic mass is 16.7. The molecule has 1 unspecified atom stereocenters. The van der Waals surface area contributed by atoms with Crippen molar-refractivity contribution in [1.82, 2.24) is 40.3 Å². The minimum absolute atomic E-state index is 0.0150. The van der Waals surface area contributed by atoms with Crippen molar-refractivity contribution in [2.24, 2.45) is 0 Å². The van der Waals surface area contributed by atoms with E-state index in [1.54, 1.807) is 58.2 Å². The first-order valence-corrected chi connectivity index (χ1v) is 18.6. The van der Waals surface area contributed by atoms with Crippen molar-refractivity contribution in [2.45, 2.75) is 31.8 Å².